The van der Waals surface area contributed by atoms with E-state index in [1.54, 1.807) is 0 Å². The second kappa shape index (κ2) is 9.07. The number of anilines is 1. The van der Waals surface area contributed by atoms with Crippen molar-refractivity contribution in [2.24, 2.45) is 0 Å². The minimum atomic E-state index is -0.0704. The summed E-state index contributed by atoms with van der Waals surface area (Å²) in [6, 6.07) is 9.57. The molecule has 0 unspecified atom stereocenters. The van der Waals surface area contributed by atoms with Crippen LogP contribution >= 0.6 is 23.5 Å². The Morgan fingerprint density at radius 3 is 2.52 bits per heavy atom. The lowest BCUT2D eigenvalue weighted by atomic mass is 10.1. The van der Waals surface area contributed by atoms with Gasteiger partial charge in [0, 0.05) is 21.9 Å². The van der Waals surface area contributed by atoms with E-state index in [0.717, 1.165) is 56.3 Å². The summed E-state index contributed by atoms with van der Waals surface area (Å²) in [5.74, 6) is 1.71. The highest BCUT2D eigenvalue weighted by Crippen LogP contribution is 2.34. The summed E-state index contributed by atoms with van der Waals surface area (Å²) in [6.45, 7) is 5.16. The zero-order chi connectivity index (χ0) is 19.2. The Kier molecular flexibility index (Phi) is 6.54. The highest BCUT2D eigenvalue weighted by molar-refractivity contribution is 8.03. The SMILES string of the molecule is Cc1cc(SC#N)cc(C)c1NC(=O)CSc1ccc2c(c1)OCCCO2. The molecule has 140 valence electrons. The van der Waals surface area contributed by atoms with Crippen molar-refractivity contribution in [3.63, 3.8) is 0 Å². The highest BCUT2D eigenvalue weighted by Gasteiger charge is 2.13. The molecule has 7 heteroatoms. The van der Waals surface area contributed by atoms with Crippen molar-refractivity contribution in [3.8, 4) is 16.9 Å². The van der Waals surface area contributed by atoms with Gasteiger partial charge in [-0.3, -0.25) is 4.79 Å². The van der Waals surface area contributed by atoms with Crippen LogP contribution in [-0.4, -0.2) is 24.9 Å². The molecule has 0 fully saturated rings. The minimum Gasteiger partial charge on any atom is -0.490 e. The number of rotatable bonds is 5. The lowest BCUT2D eigenvalue weighted by Gasteiger charge is -2.13. The van der Waals surface area contributed by atoms with Crippen molar-refractivity contribution in [2.75, 3.05) is 24.3 Å². The Bertz CT molecular complexity index is 870. The predicted octanol–water partition coefficient (Wildman–Crippen LogP) is 4.77. The molecule has 1 N–H and O–H groups in total. The zero-order valence-electron chi connectivity index (χ0n) is 15.2. The van der Waals surface area contributed by atoms with Gasteiger partial charge in [0.15, 0.2) is 11.5 Å². The van der Waals surface area contributed by atoms with Crippen LogP contribution in [0.5, 0.6) is 11.5 Å². The average Bonchev–Trinajstić information content (AvgIpc) is 2.88. The molecule has 3 rings (SSSR count). The Morgan fingerprint density at radius 2 is 1.81 bits per heavy atom. The van der Waals surface area contributed by atoms with E-state index in [1.807, 2.05) is 44.2 Å². The first-order valence-electron chi connectivity index (χ1n) is 8.56. The number of nitrogens with zero attached hydrogens (tertiary/aromatic N) is 1. The van der Waals surface area contributed by atoms with Gasteiger partial charge in [-0.2, -0.15) is 5.26 Å². The molecule has 2 aromatic carbocycles. The summed E-state index contributed by atoms with van der Waals surface area (Å²) < 4.78 is 11.3. The number of carbonyl (C=O) groups is 1. The van der Waals surface area contributed by atoms with Gasteiger partial charge in [0.2, 0.25) is 5.91 Å². The molecule has 1 heterocycles. The molecule has 1 aliphatic heterocycles. The van der Waals surface area contributed by atoms with E-state index < -0.39 is 0 Å². The number of hydrogen-bond acceptors (Lipinski definition) is 6. The van der Waals surface area contributed by atoms with Gasteiger partial charge in [0.05, 0.1) is 19.0 Å². The Hall–Kier alpha value is -2.30. The normalized spacial score (nSPS) is 12.8. The van der Waals surface area contributed by atoms with Crippen LogP contribution in [0.15, 0.2) is 40.1 Å². The topological polar surface area (TPSA) is 71.4 Å². The smallest absolute Gasteiger partial charge is 0.234 e. The number of nitrogens with one attached hydrogen (secondary N) is 1. The van der Waals surface area contributed by atoms with Gasteiger partial charge in [-0.15, -0.1) is 11.8 Å². The molecule has 0 atom stereocenters. The maximum absolute atomic E-state index is 12.4. The number of ether oxygens (including phenoxy) is 2. The summed E-state index contributed by atoms with van der Waals surface area (Å²) in [7, 11) is 0. The fourth-order valence-electron chi connectivity index (χ4n) is 2.79. The van der Waals surface area contributed by atoms with E-state index in [9.17, 15) is 4.79 Å². The predicted molar refractivity (Wildman–Crippen MR) is 109 cm³/mol. The molecule has 0 saturated carbocycles. The Morgan fingerprint density at radius 1 is 1.11 bits per heavy atom. The first-order chi connectivity index (χ1) is 13.1. The van der Waals surface area contributed by atoms with Gasteiger partial charge >= 0.3 is 0 Å². The minimum absolute atomic E-state index is 0.0704. The number of aryl methyl sites for hydroxylation is 2. The number of thioether (sulfide) groups is 2. The van der Waals surface area contributed by atoms with Crippen LogP contribution in [-0.2, 0) is 4.79 Å². The van der Waals surface area contributed by atoms with Crippen LogP contribution in [0.2, 0.25) is 0 Å². The maximum atomic E-state index is 12.4. The van der Waals surface area contributed by atoms with Crippen LogP contribution in [0.1, 0.15) is 17.5 Å². The van der Waals surface area contributed by atoms with Crippen molar-refractivity contribution in [1.82, 2.24) is 0 Å². The number of fused-ring (bicyclic) bond motifs is 1. The fourth-order valence-corrected chi connectivity index (χ4v) is 4.09. The first-order valence-corrected chi connectivity index (χ1v) is 10.4. The quantitative estimate of drug-likeness (QED) is 0.576. The van der Waals surface area contributed by atoms with E-state index in [4.69, 9.17) is 14.7 Å². The maximum Gasteiger partial charge on any atom is 0.234 e. The molecule has 0 radical (unpaired) electrons. The molecule has 1 aliphatic rings. The largest absolute Gasteiger partial charge is 0.490 e. The van der Waals surface area contributed by atoms with Gasteiger partial charge in [-0.25, -0.2) is 0 Å². The van der Waals surface area contributed by atoms with Crippen LogP contribution in [0, 0.1) is 24.5 Å². The molecule has 0 bridgehead atoms. The standard InChI is InChI=1S/C20H20N2O3S2/c1-13-8-16(27-12-21)9-14(2)20(13)22-19(23)11-26-15-4-5-17-18(10-15)25-7-3-6-24-17/h4-5,8-10H,3,6-7,11H2,1-2H3,(H,22,23). The van der Waals surface area contributed by atoms with Crippen LogP contribution < -0.4 is 14.8 Å². The van der Waals surface area contributed by atoms with Crippen molar-refractivity contribution in [3.05, 3.63) is 41.5 Å². The molecule has 0 aliphatic carbocycles. The summed E-state index contributed by atoms with van der Waals surface area (Å²) in [5, 5.41) is 13.9. The van der Waals surface area contributed by atoms with Crippen LogP contribution in [0.25, 0.3) is 0 Å². The lowest BCUT2D eigenvalue weighted by Crippen LogP contribution is -2.15. The molecule has 2 aromatic rings. The molecule has 1 amide bonds. The number of carbonyl (C=O) groups excluding carboxylic acids is 1. The molecule has 5 nitrogen and oxygen atoms in total. The molecular weight excluding hydrogens is 380 g/mol. The van der Waals surface area contributed by atoms with Crippen LogP contribution in [0.4, 0.5) is 5.69 Å². The molecule has 27 heavy (non-hydrogen) atoms. The number of hydrogen-bond donors (Lipinski definition) is 1. The average molecular weight is 401 g/mol. The van der Waals surface area contributed by atoms with Crippen LogP contribution in [0.3, 0.4) is 0 Å². The van der Waals surface area contributed by atoms with E-state index in [2.05, 4.69) is 10.7 Å². The van der Waals surface area contributed by atoms with Gasteiger partial charge in [0.1, 0.15) is 5.40 Å². The second-order valence-corrected chi connectivity index (χ2v) is 8.03. The van der Waals surface area contributed by atoms with E-state index in [0.29, 0.717) is 19.0 Å². The van der Waals surface area contributed by atoms with Gasteiger partial charge < -0.3 is 14.8 Å². The van der Waals surface area contributed by atoms with Crippen molar-refractivity contribution in [2.45, 2.75) is 30.1 Å². The third-order valence-corrected chi connectivity index (χ3v) is 5.58. The molecule has 0 spiro atoms. The Balaban J connectivity index is 1.62. The summed E-state index contributed by atoms with van der Waals surface area (Å²) >= 11 is 2.57. The molecular formula is C20H20N2O3S2. The highest BCUT2D eigenvalue weighted by atomic mass is 32.2. The van der Waals surface area contributed by atoms with Crippen molar-refractivity contribution < 1.29 is 14.3 Å². The lowest BCUT2D eigenvalue weighted by molar-refractivity contribution is -0.113. The van der Waals surface area contributed by atoms with E-state index >= 15 is 0 Å². The van der Waals surface area contributed by atoms with E-state index in [1.165, 1.54) is 11.8 Å². The molecule has 0 saturated heterocycles. The number of amides is 1. The number of benzene rings is 2. The first kappa shape index (κ1) is 19.5. The second-order valence-electron chi connectivity index (χ2n) is 6.12. The summed E-state index contributed by atoms with van der Waals surface area (Å²) in [4.78, 5) is 14.2. The monoisotopic (exact) mass is 400 g/mol. The summed E-state index contributed by atoms with van der Waals surface area (Å²) in [5.41, 5.74) is 2.70. The third-order valence-electron chi connectivity index (χ3n) is 4.02. The van der Waals surface area contributed by atoms with Crippen molar-refractivity contribution in [1.29, 1.82) is 5.26 Å². The molecule has 0 aromatic heterocycles. The van der Waals surface area contributed by atoms with Gasteiger partial charge in [-0.1, -0.05) is 0 Å². The third kappa shape index (κ3) is 5.12. The van der Waals surface area contributed by atoms with E-state index in [-0.39, 0.29) is 5.91 Å². The van der Waals surface area contributed by atoms with Crippen molar-refractivity contribution >= 4 is 35.1 Å². The Labute approximate surface area is 167 Å². The van der Waals surface area contributed by atoms with Gasteiger partial charge in [-0.05, 0) is 67.1 Å². The fraction of sp³-hybridized carbons (Fsp3) is 0.300. The summed E-state index contributed by atoms with van der Waals surface area (Å²) in [6.07, 6.45) is 0.865. The number of thiocyanates is 1. The zero-order valence-corrected chi connectivity index (χ0v) is 16.8. The number of nitriles is 1. The van der Waals surface area contributed by atoms with Gasteiger partial charge in [0.25, 0.3) is 0 Å².